The number of halogens is 1. The minimum absolute atomic E-state index is 0.0788. The molecule has 0 amide bonds. The van der Waals surface area contributed by atoms with Gasteiger partial charge in [-0.3, -0.25) is 9.47 Å². The lowest BCUT2D eigenvalue weighted by Crippen LogP contribution is -2.30. The van der Waals surface area contributed by atoms with Crippen LogP contribution in [0, 0.1) is 5.82 Å². The maximum absolute atomic E-state index is 13.3. The number of rotatable bonds is 7. The van der Waals surface area contributed by atoms with E-state index in [9.17, 15) is 12.8 Å². The molecule has 1 saturated heterocycles. The van der Waals surface area contributed by atoms with Gasteiger partial charge in [0.15, 0.2) is 11.0 Å². The highest BCUT2D eigenvalue weighted by molar-refractivity contribution is 8.00. The van der Waals surface area contributed by atoms with E-state index in [-0.39, 0.29) is 11.6 Å². The first-order valence-electron chi connectivity index (χ1n) is 8.65. The summed E-state index contributed by atoms with van der Waals surface area (Å²) in [5.41, 5.74) is 0.783. The predicted octanol–water partition coefficient (Wildman–Crippen LogP) is 2.53. The van der Waals surface area contributed by atoms with E-state index in [2.05, 4.69) is 15.1 Å². The van der Waals surface area contributed by atoms with Crippen LogP contribution in [0.5, 0.6) is 0 Å². The van der Waals surface area contributed by atoms with Gasteiger partial charge in [0.1, 0.15) is 15.7 Å². The lowest BCUT2D eigenvalue weighted by molar-refractivity contribution is 0.214. The lowest BCUT2D eigenvalue weighted by atomic mass is 10.1. The molecule has 142 valence electrons. The molecule has 9 heteroatoms. The average Bonchev–Trinajstić information content (AvgIpc) is 2.98. The van der Waals surface area contributed by atoms with Crippen LogP contribution >= 0.6 is 11.8 Å². The van der Waals surface area contributed by atoms with E-state index in [1.54, 1.807) is 12.1 Å². The smallest absolute Gasteiger partial charge is 0.195 e. The largest absolute Gasteiger partial charge is 0.296 e. The summed E-state index contributed by atoms with van der Waals surface area (Å²) in [4.78, 5) is 2.35. The number of nitrogens with zero attached hydrogens (tertiary/aromatic N) is 4. The Labute approximate surface area is 157 Å². The second-order valence-corrected chi connectivity index (χ2v) is 9.85. The van der Waals surface area contributed by atoms with E-state index < -0.39 is 9.84 Å². The van der Waals surface area contributed by atoms with Gasteiger partial charge in [-0.15, -0.1) is 10.2 Å². The molecule has 0 unspecified atom stereocenters. The van der Waals surface area contributed by atoms with Crippen LogP contribution in [0.25, 0.3) is 5.69 Å². The van der Waals surface area contributed by atoms with Gasteiger partial charge in [0, 0.05) is 17.7 Å². The Morgan fingerprint density at radius 3 is 2.46 bits per heavy atom. The zero-order valence-corrected chi connectivity index (χ0v) is 16.4. The van der Waals surface area contributed by atoms with E-state index in [4.69, 9.17) is 0 Å². The third kappa shape index (κ3) is 5.28. The van der Waals surface area contributed by atoms with E-state index in [1.807, 2.05) is 4.57 Å². The van der Waals surface area contributed by atoms with Crippen LogP contribution in [0.15, 0.2) is 29.4 Å². The van der Waals surface area contributed by atoms with E-state index >= 15 is 0 Å². The van der Waals surface area contributed by atoms with Crippen molar-refractivity contribution in [1.29, 1.82) is 0 Å². The molecule has 1 aromatic heterocycles. The maximum Gasteiger partial charge on any atom is 0.195 e. The number of hydrogen-bond acceptors (Lipinski definition) is 6. The monoisotopic (exact) mass is 398 g/mol. The summed E-state index contributed by atoms with van der Waals surface area (Å²) in [6.45, 7) is 2.75. The Bertz CT molecular complexity index is 831. The Kier molecular flexibility index (Phi) is 6.31. The molecule has 1 aliphatic heterocycles. The summed E-state index contributed by atoms with van der Waals surface area (Å²) in [5, 5.41) is 9.22. The number of likely N-dealkylation sites (tertiary alicyclic amines) is 1. The van der Waals surface area contributed by atoms with Crippen molar-refractivity contribution in [2.24, 2.45) is 0 Å². The molecule has 0 aliphatic carbocycles. The van der Waals surface area contributed by atoms with E-state index in [0.717, 1.165) is 24.6 Å². The maximum atomic E-state index is 13.3. The molecule has 1 aromatic carbocycles. The molecule has 6 nitrogen and oxygen atoms in total. The van der Waals surface area contributed by atoms with Crippen molar-refractivity contribution in [3.63, 3.8) is 0 Å². The Balaban J connectivity index is 1.84. The number of benzene rings is 1. The van der Waals surface area contributed by atoms with Gasteiger partial charge in [0.05, 0.1) is 12.3 Å². The molecule has 1 fully saturated rings. The van der Waals surface area contributed by atoms with Gasteiger partial charge in [0.2, 0.25) is 0 Å². The fraction of sp³-hybridized carbons (Fsp3) is 0.529. The van der Waals surface area contributed by atoms with Crippen LogP contribution in [0.1, 0.15) is 25.1 Å². The van der Waals surface area contributed by atoms with Gasteiger partial charge in [-0.2, -0.15) is 0 Å². The predicted molar refractivity (Wildman–Crippen MR) is 101 cm³/mol. The third-order valence-electron chi connectivity index (χ3n) is 4.28. The molecule has 0 atom stereocenters. The topological polar surface area (TPSA) is 68.1 Å². The molecule has 2 aromatic rings. The third-order valence-corrected chi connectivity index (χ3v) is 6.42. The molecule has 3 rings (SSSR count). The van der Waals surface area contributed by atoms with E-state index in [1.165, 1.54) is 49.4 Å². The summed E-state index contributed by atoms with van der Waals surface area (Å²) in [6, 6.07) is 6.20. The minimum Gasteiger partial charge on any atom is -0.296 e. The second-order valence-electron chi connectivity index (χ2n) is 6.53. The van der Waals surface area contributed by atoms with Gasteiger partial charge in [0.25, 0.3) is 0 Å². The first-order chi connectivity index (χ1) is 12.4. The van der Waals surface area contributed by atoms with Crippen molar-refractivity contribution in [3.05, 3.63) is 35.9 Å². The van der Waals surface area contributed by atoms with Crippen LogP contribution in [0.4, 0.5) is 4.39 Å². The van der Waals surface area contributed by atoms with Crippen LogP contribution in [0.3, 0.4) is 0 Å². The number of hydrogen-bond donors (Lipinski definition) is 0. The number of thioether (sulfide) groups is 1. The van der Waals surface area contributed by atoms with Crippen molar-refractivity contribution in [1.82, 2.24) is 19.7 Å². The molecule has 0 spiro atoms. The van der Waals surface area contributed by atoms with Gasteiger partial charge < -0.3 is 0 Å². The fourth-order valence-electron chi connectivity index (χ4n) is 2.95. The van der Waals surface area contributed by atoms with Crippen LogP contribution in [0.2, 0.25) is 0 Å². The lowest BCUT2D eigenvalue weighted by Gasteiger charge is -2.26. The Morgan fingerprint density at radius 1 is 1.12 bits per heavy atom. The Morgan fingerprint density at radius 2 is 1.81 bits per heavy atom. The summed E-state index contributed by atoms with van der Waals surface area (Å²) < 4.78 is 38.0. The molecular formula is C17H23FN4O2S2. The summed E-state index contributed by atoms with van der Waals surface area (Å²) >= 11 is 1.35. The van der Waals surface area contributed by atoms with Gasteiger partial charge in [-0.05, 0) is 50.2 Å². The molecule has 2 heterocycles. The number of sulfone groups is 1. The van der Waals surface area contributed by atoms with Crippen molar-refractivity contribution < 1.29 is 12.8 Å². The fourth-order valence-corrected chi connectivity index (χ4v) is 5.11. The summed E-state index contributed by atoms with van der Waals surface area (Å²) in [5.74, 6) is 0.975. The summed E-state index contributed by atoms with van der Waals surface area (Å²) in [7, 11) is -3.03. The zero-order valence-electron chi connectivity index (χ0n) is 14.8. The normalized spacial score (nSPS) is 16.1. The van der Waals surface area contributed by atoms with Gasteiger partial charge >= 0.3 is 0 Å². The summed E-state index contributed by atoms with van der Waals surface area (Å²) in [6.07, 6.45) is 4.84. The zero-order chi connectivity index (χ0) is 18.6. The molecule has 0 saturated carbocycles. The standard InChI is InChI=1S/C17H23FN4O2S2/c1-26(23,24)12-11-25-17-20-19-16(13-21-9-3-2-4-10-21)22(17)15-7-5-14(18)6-8-15/h5-8H,2-4,9-13H2,1H3. The average molecular weight is 399 g/mol. The quantitative estimate of drug-likeness (QED) is 0.668. The first kappa shape index (κ1) is 19.3. The highest BCUT2D eigenvalue weighted by Crippen LogP contribution is 2.24. The molecule has 26 heavy (non-hydrogen) atoms. The highest BCUT2D eigenvalue weighted by Gasteiger charge is 2.19. The van der Waals surface area contributed by atoms with Gasteiger partial charge in [-0.1, -0.05) is 18.2 Å². The second kappa shape index (κ2) is 8.49. The molecular weight excluding hydrogens is 375 g/mol. The number of piperidine rings is 1. The molecule has 0 bridgehead atoms. The SMILES string of the molecule is CS(=O)(=O)CCSc1nnc(CN2CCCCC2)n1-c1ccc(F)cc1. The Hall–Kier alpha value is -1.45. The van der Waals surface area contributed by atoms with Crippen molar-refractivity contribution in [2.45, 2.75) is 31.0 Å². The van der Waals surface area contributed by atoms with Crippen molar-refractivity contribution in [3.8, 4) is 5.69 Å². The van der Waals surface area contributed by atoms with Crippen molar-refractivity contribution >= 4 is 21.6 Å². The van der Waals surface area contributed by atoms with Crippen molar-refractivity contribution in [2.75, 3.05) is 30.9 Å². The van der Waals surface area contributed by atoms with E-state index in [0.29, 0.717) is 17.5 Å². The molecule has 1 aliphatic rings. The highest BCUT2D eigenvalue weighted by atomic mass is 32.2. The van der Waals surface area contributed by atoms with Gasteiger partial charge in [-0.25, -0.2) is 12.8 Å². The van der Waals surface area contributed by atoms with Crippen LogP contribution in [-0.2, 0) is 16.4 Å². The molecule has 0 radical (unpaired) electrons. The minimum atomic E-state index is -3.03. The van der Waals surface area contributed by atoms with Crippen LogP contribution in [-0.4, -0.2) is 58.9 Å². The van der Waals surface area contributed by atoms with Crippen LogP contribution < -0.4 is 0 Å². The molecule has 0 N–H and O–H groups in total. The number of aromatic nitrogens is 3. The first-order valence-corrected chi connectivity index (χ1v) is 11.7.